The fourth-order valence-corrected chi connectivity index (χ4v) is 2.35. The first-order chi connectivity index (χ1) is 8.51. The van der Waals surface area contributed by atoms with Crippen molar-refractivity contribution in [3.05, 3.63) is 23.3 Å². The number of fused-ring (bicyclic) bond motifs is 1. The standard InChI is InChI=1S/C12H8N4S2/c13-3-5-1-7(17)2-6(4-14)9-8(5)10(15)12(18)11(9)16/h1-2,17-18H,15-16H2. The Hall–Kier alpha value is -2.02. The number of hydrogen-bond acceptors (Lipinski definition) is 6. The third-order valence-electron chi connectivity index (χ3n) is 2.66. The molecule has 0 radical (unpaired) electrons. The van der Waals surface area contributed by atoms with Gasteiger partial charge in [0.15, 0.2) is 0 Å². The van der Waals surface area contributed by atoms with Crippen molar-refractivity contribution in [3.8, 4) is 23.3 Å². The molecule has 0 heterocycles. The highest BCUT2D eigenvalue weighted by Gasteiger charge is 2.23. The average Bonchev–Trinajstić information content (AvgIpc) is 2.53. The van der Waals surface area contributed by atoms with E-state index < -0.39 is 0 Å². The number of nitriles is 2. The molecular formula is C12H8N4S2. The molecule has 2 rings (SSSR count). The van der Waals surface area contributed by atoms with Crippen LogP contribution in [0.5, 0.6) is 0 Å². The van der Waals surface area contributed by atoms with Gasteiger partial charge >= 0.3 is 0 Å². The van der Waals surface area contributed by atoms with Crippen LogP contribution in [0.15, 0.2) is 21.9 Å². The maximum absolute atomic E-state index is 9.17. The van der Waals surface area contributed by atoms with E-state index in [0.717, 1.165) is 0 Å². The zero-order valence-electron chi connectivity index (χ0n) is 9.10. The highest BCUT2D eigenvalue weighted by atomic mass is 32.1. The van der Waals surface area contributed by atoms with Crippen molar-refractivity contribution >= 4 is 36.6 Å². The summed E-state index contributed by atoms with van der Waals surface area (Å²) in [7, 11) is 0. The van der Waals surface area contributed by atoms with Crippen LogP contribution in [0, 0.1) is 22.7 Å². The third-order valence-corrected chi connectivity index (χ3v) is 3.40. The lowest BCUT2D eigenvalue weighted by atomic mass is 10.0. The Balaban J connectivity index is 3.09. The van der Waals surface area contributed by atoms with E-state index in [1.807, 2.05) is 12.1 Å². The van der Waals surface area contributed by atoms with Crippen molar-refractivity contribution < 1.29 is 0 Å². The number of nitrogens with two attached hydrogens (primary N) is 2. The van der Waals surface area contributed by atoms with Gasteiger partial charge in [-0.25, -0.2) is 0 Å². The molecule has 0 spiro atoms. The van der Waals surface area contributed by atoms with E-state index >= 15 is 0 Å². The number of rotatable bonds is 0. The summed E-state index contributed by atoms with van der Waals surface area (Å²) in [4.78, 5) is 0.892. The molecule has 0 saturated heterocycles. The first-order valence-corrected chi connectivity index (χ1v) is 5.77. The van der Waals surface area contributed by atoms with Gasteiger partial charge in [-0.2, -0.15) is 10.5 Å². The molecule has 0 atom stereocenters. The van der Waals surface area contributed by atoms with E-state index in [1.54, 1.807) is 12.1 Å². The van der Waals surface area contributed by atoms with Crippen LogP contribution in [0.4, 0.5) is 11.4 Å². The Labute approximate surface area is 115 Å². The maximum Gasteiger partial charge on any atom is 0.0999 e. The summed E-state index contributed by atoms with van der Waals surface area (Å²) in [5, 5.41) is 18.3. The Morgan fingerprint density at radius 3 is 1.61 bits per heavy atom. The Morgan fingerprint density at radius 2 is 1.28 bits per heavy atom. The van der Waals surface area contributed by atoms with Crippen LogP contribution < -0.4 is 11.5 Å². The van der Waals surface area contributed by atoms with Crippen molar-refractivity contribution in [1.29, 1.82) is 10.5 Å². The molecule has 0 aromatic carbocycles. The summed E-state index contributed by atoms with van der Waals surface area (Å²) >= 11 is 8.40. The Bertz CT molecular complexity index is 652. The lowest BCUT2D eigenvalue weighted by Crippen LogP contribution is -1.89. The van der Waals surface area contributed by atoms with Gasteiger partial charge in [0.1, 0.15) is 0 Å². The molecule has 0 aliphatic heterocycles. The molecule has 4 N–H and O–H groups in total. The van der Waals surface area contributed by atoms with E-state index in [2.05, 4.69) is 25.3 Å². The topological polar surface area (TPSA) is 99.6 Å². The maximum atomic E-state index is 9.17. The minimum atomic E-state index is 0.308. The van der Waals surface area contributed by atoms with E-state index in [-0.39, 0.29) is 0 Å². The molecule has 6 heteroatoms. The second-order valence-corrected chi connectivity index (χ2v) is 4.65. The van der Waals surface area contributed by atoms with E-state index in [1.165, 1.54) is 0 Å². The first kappa shape index (κ1) is 12.4. The third kappa shape index (κ3) is 1.63. The number of nitrogen functional groups attached to an aromatic ring is 2. The molecule has 0 unspecified atom stereocenters. The fraction of sp³-hybridized carbons (Fsp3) is 0. The van der Waals surface area contributed by atoms with Gasteiger partial charge in [0.05, 0.1) is 39.5 Å². The van der Waals surface area contributed by atoms with Crippen molar-refractivity contribution in [3.63, 3.8) is 0 Å². The van der Waals surface area contributed by atoms with Gasteiger partial charge < -0.3 is 11.5 Å². The largest absolute Gasteiger partial charge is 0.397 e. The van der Waals surface area contributed by atoms with Gasteiger partial charge in [0.25, 0.3) is 0 Å². The molecule has 0 aromatic rings. The van der Waals surface area contributed by atoms with Gasteiger partial charge in [-0.15, -0.1) is 25.3 Å². The summed E-state index contributed by atoms with van der Waals surface area (Å²) in [5.74, 6) is 0. The Kier molecular flexibility index (Phi) is 3.00. The van der Waals surface area contributed by atoms with Gasteiger partial charge in [-0.1, -0.05) is 0 Å². The van der Waals surface area contributed by atoms with Crippen LogP contribution in [-0.2, 0) is 0 Å². The molecule has 88 valence electrons. The van der Waals surface area contributed by atoms with Gasteiger partial charge in [-0.05, 0) is 12.1 Å². The van der Waals surface area contributed by atoms with E-state index in [4.69, 9.17) is 11.5 Å². The normalized spacial score (nSPS) is 10.0. The molecule has 0 amide bonds. The summed E-state index contributed by atoms with van der Waals surface area (Å²) in [6.07, 6.45) is 0. The van der Waals surface area contributed by atoms with Crippen LogP contribution in [0.2, 0.25) is 0 Å². The molecule has 0 fully saturated rings. The minimum absolute atomic E-state index is 0.308. The smallest absolute Gasteiger partial charge is 0.0999 e. The van der Waals surface area contributed by atoms with Crippen LogP contribution in [-0.4, -0.2) is 0 Å². The summed E-state index contributed by atoms with van der Waals surface area (Å²) in [6, 6.07) is 7.17. The lowest BCUT2D eigenvalue weighted by molar-refractivity contribution is 1.44. The summed E-state index contributed by atoms with van der Waals surface area (Å²) < 4.78 is 0. The Morgan fingerprint density at radius 1 is 0.889 bits per heavy atom. The predicted molar refractivity (Wildman–Crippen MR) is 75.8 cm³/mol. The SMILES string of the molecule is N#Cc1cc(S)cc(C#N)c2c(N)c(S)c(N)c1-2. The minimum Gasteiger partial charge on any atom is -0.397 e. The number of nitrogens with zero attached hydrogens (tertiary/aromatic N) is 2. The van der Waals surface area contributed by atoms with Crippen LogP contribution in [0.1, 0.15) is 11.1 Å². The molecule has 2 aliphatic carbocycles. The van der Waals surface area contributed by atoms with Crippen LogP contribution in [0.3, 0.4) is 0 Å². The predicted octanol–water partition coefficient (Wildman–Crippen LogP) is 2.28. The van der Waals surface area contributed by atoms with Gasteiger partial charge in [-0.3, -0.25) is 0 Å². The van der Waals surface area contributed by atoms with Gasteiger partial charge in [0, 0.05) is 16.0 Å². The van der Waals surface area contributed by atoms with E-state index in [9.17, 15) is 10.5 Å². The molecule has 4 nitrogen and oxygen atoms in total. The second-order valence-electron chi connectivity index (χ2n) is 3.69. The molecule has 2 aliphatic rings. The molecule has 0 bridgehead atoms. The average molecular weight is 272 g/mol. The van der Waals surface area contributed by atoms with Crippen molar-refractivity contribution in [2.45, 2.75) is 9.79 Å². The number of thiol groups is 2. The lowest BCUT2D eigenvalue weighted by Gasteiger charge is -2.00. The highest BCUT2D eigenvalue weighted by molar-refractivity contribution is 7.80. The first-order valence-electron chi connectivity index (χ1n) is 4.88. The molecular weight excluding hydrogens is 264 g/mol. The molecule has 18 heavy (non-hydrogen) atoms. The van der Waals surface area contributed by atoms with Crippen molar-refractivity contribution in [1.82, 2.24) is 0 Å². The molecule has 0 saturated carbocycles. The van der Waals surface area contributed by atoms with Crippen LogP contribution in [0.25, 0.3) is 11.1 Å². The highest BCUT2D eigenvalue weighted by Crippen LogP contribution is 2.46. The summed E-state index contributed by atoms with van der Waals surface area (Å²) in [6.45, 7) is 0. The van der Waals surface area contributed by atoms with E-state index in [0.29, 0.717) is 43.4 Å². The van der Waals surface area contributed by atoms with Crippen LogP contribution >= 0.6 is 25.3 Å². The zero-order valence-corrected chi connectivity index (χ0v) is 10.9. The number of anilines is 2. The fourth-order valence-electron chi connectivity index (χ4n) is 1.87. The van der Waals surface area contributed by atoms with Crippen molar-refractivity contribution in [2.75, 3.05) is 11.5 Å². The quantitative estimate of drug-likeness (QED) is 0.553. The molecule has 0 aromatic heterocycles. The second kappa shape index (κ2) is 4.34. The number of hydrogen-bond donors (Lipinski definition) is 4. The monoisotopic (exact) mass is 272 g/mol. The summed E-state index contributed by atoms with van der Waals surface area (Å²) in [5.41, 5.74) is 14.0. The van der Waals surface area contributed by atoms with Crippen molar-refractivity contribution in [2.24, 2.45) is 0 Å². The van der Waals surface area contributed by atoms with Gasteiger partial charge in [0.2, 0.25) is 0 Å². The zero-order chi connectivity index (χ0) is 13.4.